The predicted octanol–water partition coefficient (Wildman–Crippen LogP) is 3.03. The summed E-state index contributed by atoms with van der Waals surface area (Å²) in [7, 11) is 0. The lowest BCUT2D eigenvalue weighted by Gasteiger charge is -2.22. The number of anilines is 1. The van der Waals surface area contributed by atoms with Gasteiger partial charge < -0.3 is 10.2 Å². The first-order chi connectivity index (χ1) is 9.45. The molecule has 0 atom stereocenters. The van der Waals surface area contributed by atoms with E-state index in [0.717, 1.165) is 22.9 Å². The number of carbonyl (C=O) groups is 2. The number of aryl methyl sites for hydroxylation is 1. The number of benzene rings is 1. The molecule has 0 aliphatic carbocycles. The van der Waals surface area contributed by atoms with Gasteiger partial charge in [-0.1, -0.05) is 19.4 Å². The number of rotatable bonds is 6. The Balaban J connectivity index is 2.79. The zero-order valence-corrected chi connectivity index (χ0v) is 13.8. The van der Waals surface area contributed by atoms with E-state index in [0.29, 0.717) is 12.2 Å². The minimum absolute atomic E-state index is 0.0424. The molecule has 110 valence electrons. The lowest BCUT2D eigenvalue weighted by Crippen LogP contribution is -2.40. The highest BCUT2D eigenvalue weighted by Gasteiger charge is 2.17. The Morgan fingerprint density at radius 1 is 1.35 bits per heavy atom. The molecule has 0 saturated carbocycles. The van der Waals surface area contributed by atoms with Crippen molar-refractivity contribution in [1.29, 1.82) is 0 Å². The van der Waals surface area contributed by atoms with Gasteiger partial charge in [-0.05, 0) is 47.0 Å². The van der Waals surface area contributed by atoms with Gasteiger partial charge in [0.15, 0.2) is 0 Å². The molecule has 1 aromatic rings. The highest BCUT2D eigenvalue weighted by atomic mass is 79.9. The average Bonchev–Trinajstić information content (AvgIpc) is 2.37. The lowest BCUT2D eigenvalue weighted by molar-refractivity contribution is -0.123. The zero-order chi connectivity index (χ0) is 15.1. The molecule has 0 aliphatic rings. The van der Waals surface area contributed by atoms with E-state index in [2.05, 4.69) is 28.2 Å². The molecule has 0 fully saturated rings. The minimum Gasteiger partial charge on any atom is -0.355 e. The van der Waals surface area contributed by atoms with E-state index in [1.54, 1.807) is 0 Å². The summed E-state index contributed by atoms with van der Waals surface area (Å²) in [6, 6.07) is 5.70. The summed E-state index contributed by atoms with van der Waals surface area (Å²) >= 11 is 3.44. The molecule has 0 saturated heterocycles. The van der Waals surface area contributed by atoms with E-state index in [1.807, 2.05) is 25.1 Å². The molecule has 4 nitrogen and oxygen atoms in total. The molecule has 1 aromatic carbocycles. The zero-order valence-electron chi connectivity index (χ0n) is 12.2. The molecular weight excluding hydrogens is 320 g/mol. The maximum absolute atomic E-state index is 11.9. The topological polar surface area (TPSA) is 49.4 Å². The smallest absolute Gasteiger partial charge is 0.240 e. The number of amides is 2. The molecule has 0 bridgehead atoms. The third kappa shape index (κ3) is 4.96. The highest BCUT2D eigenvalue weighted by Crippen LogP contribution is 2.27. The lowest BCUT2D eigenvalue weighted by atomic mass is 10.2. The summed E-state index contributed by atoms with van der Waals surface area (Å²) in [6.45, 7) is 6.20. The van der Waals surface area contributed by atoms with Crippen LogP contribution in [0, 0.1) is 6.92 Å². The monoisotopic (exact) mass is 340 g/mol. The maximum Gasteiger partial charge on any atom is 0.240 e. The molecule has 5 heteroatoms. The Bertz CT molecular complexity index is 489. The number of unbranched alkanes of at least 4 members (excludes halogenated alkanes) is 1. The molecule has 0 heterocycles. The molecular formula is C15H21BrN2O2. The van der Waals surface area contributed by atoms with E-state index in [-0.39, 0.29) is 18.4 Å². The molecule has 1 N–H and O–H groups in total. The Morgan fingerprint density at radius 3 is 2.60 bits per heavy atom. The van der Waals surface area contributed by atoms with Gasteiger partial charge in [-0.3, -0.25) is 9.59 Å². The van der Waals surface area contributed by atoms with Crippen molar-refractivity contribution < 1.29 is 9.59 Å². The van der Waals surface area contributed by atoms with Gasteiger partial charge in [0, 0.05) is 17.9 Å². The van der Waals surface area contributed by atoms with Crippen LogP contribution in [0.15, 0.2) is 22.7 Å². The SMILES string of the molecule is CCCCNC(=O)CN(C(C)=O)c1ccc(C)cc1Br. The van der Waals surface area contributed by atoms with Crippen LogP contribution >= 0.6 is 15.9 Å². The first-order valence-corrected chi connectivity index (χ1v) is 7.56. The van der Waals surface area contributed by atoms with Crippen LogP contribution in [0.3, 0.4) is 0 Å². The van der Waals surface area contributed by atoms with Crippen molar-refractivity contribution in [3.05, 3.63) is 28.2 Å². The number of halogens is 1. The van der Waals surface area contributed by atoms with Gasteiger partial charge >= 0.3 is 0 Å². The summed E-state index contributed by atoms with van der Waals surface area (Å²) in [5, 5.41) is 2.82. The Labute approximate surface area is 128 Å². The third-order valence-electron chi connectivity index (χ3n) is 2.93. The number of hydrogen-bond donors (Lipinski definition) is 1. The molecule has 0 spiro atoms. The van der Waals surface area contributed by atoms with E-state index >= 15 is 0 Å². The van der Waals surface area contributed by atoms with Crippen molar-refractivity contribution >= 4 is 33.4 Å². The molecule has 0 radical (unpaired) electrons. The number of hydrogen-bond acceptors (Lipinski definition) is 2. The van der Waals surface area contributed by atoms with Crippen molar-refractivity contribution in [2.75, 3.05) is 18.0 Å². The fourth-order valence-corrected chi connectivity index (χ4v) is 2.51. The van der Waals surface area contributed by atoms with Crippen molar-refractivity contribution in [3.8, 4) is 0 Å². The second kappa shape index (κ2) is 8.04. The highest BCUT2D eigenvalue weighted by molar-refractivity contribution is 9.10. The van der Waals surface area contributed by atoms with Gasteiger partial charge in [-0.15, -0.1) is 0 Å². The molecule has 0 aromatic heterocycles. The maximum atomic E-state index is 11.9. The Hall–Kier alpha value is -1.36. The van der Waals surface area contributed by atoms with Crippen molar-refractivity contribution in [1.82, 2.24) is 5.32 Å². The van der Waals surface area contributed by atoms with Crippen LogP contribution in [0.4, 0.5) is 5.69 Å². The van der Waals surface area contributed by atoms with Crippen molar-refractivity contribution in [3.63, 3.8) is 0 Å². The van der Waals surface area contributed by atoms with Gasteiger partial charge in [-0.25, -0.2) is 0 Å². The van der Waals surface area contributed by atoms with Crippen LogP contribution in [-0.4, -0.2) is 24.9 Å². The second-order valence-electron chi connectivity index (χ2n) is 4.76. The number of nitrogens with one attached hydrogen (secondary N) is 1. The van der Waals surface area contributed by atoms with Crippen molar-refractivity contribution in [2.45, 2.75) is 33.6 Å². The Kier molecular flexibility index (Phi) is 6.71. The summed E-state index contributed by atoms with van der Waals surface area (Å²) < 4.78 is 0.814. The normalized spacial score (nSPS) is 10.2. The van der Waals surface area contributed by atoms with Crippen LogP contribution in [0.5, 0.6) is 0 Å². The van der Waals surface area contributed by atoms with Gasteiger partial charge in [0.2, 0.25) is 11.8 Å². The van der Waals surface area contributed by atoms with Gasteiger partial charge in [-0.2, -0.15) is 0 Å². The van der Waals surface area contributed by atoms with Gasteiger partial charge in [0.1, 0.15) is 6.54 Å². The Morgan fingerprint density at radius 2 is 2.05 bits per heavy atom. The first kappa shape index (κ1) is 16.7. The third-order valence-corrected chi connectivity index (χ3v) is 3.56. The quantitative estimate of drug-likeness (QED) is 0.809. The molecule has 20 heavy (non-hydrogen) atoms. The van der Waals surface area contributed by atoms with Gasteiger partial charge in [0.25, 0.3) is 0 Å². The van der Waals surface area contributed by atoms with E-state index in [4.69, 9.17) is 0 Å². The van der Waals surface area contributed by atoms with E-state index in [9.17, 15) is 9.59 Å². The summed E-state index contributed by atoms with van der Waals surface area (Å²) in [5.41, 5.74) is 1.81. The minimum atomic E-state index is -0.153. The standard InChI is InChI=1S/C15H21BrN2O2/c1-4-5-8-17-15(20)10-18(12(3)19)14-7-6-11(2)9-13(14)16/h6-7,9H,4-5,8,10H2,1-3H3,(H,17,20). The van der Waals surface area contributed by atoms with Crippen LogP contribution < -0.4 is 10.2 Å². The largest absolute Gasteiger partial charge is 0.355 e. The summed E-state index contributed by atoms with van der Waals surface area (Å²) in [4.78, 5) is 25.1. The first-order valence-electron chi connectivity index (χ1n) is 6.76. The molecule has 0 unspecified atom stereocenters. The molecule has 2 amide bonds. The van der Waals surface area contributed by atoms with Crippen LogP contribution in [0.2, 0.25) is 0 Å². The molecule has 1 rings (SSSR count). The fraction of sp³-hybridized carbons (Fsp3) is 0.467. The number of nitrogens with zero attached hydrogens (tertiary/aromatic N) is 1. The second-order valence-corrected chi connectivity index (χ2v) is 5.62. The molecule has 0 aliphatic heterocycles. The predicted molar refractivity (Wildman–Crippen MR) is 84.8 cm³/mol. The number of carbonyl (C=O) groups excluding carboxylic acids is 2. The van der Waals surface area contributed by atoms with Crippen molar-refractivity contribution in [2.24, 2.45) is 0 Å². The van der Waals surface area contributed by atoms with Crippen LogP contribution in [0.25, 0.3) is 0 Å². The summed E-state index contributed by atoms with van der Waals surface area (Å²) in [5.74, 6) is -0.290. The van der Waals surface area contributed by atoms with E-state index < -0.39 is 0 Å². The van der Waals surface area contributed by atoms with Gasteiger partial charge in [0.05, 0.1) is 5.69 Å². The average molecular weight is 341 g/mol. The van der Waals surface area contributed by atoms with E-state index in [1.165, 1.54) is 11.8 Å². The van der Waals surface area contributed by atoms with Crippen LogP contribution in [0.1, 0.15) is 32.3 Å². The fourth-order valence-electron chi connectivity index (χ4n) is 1.80. The van der Waals surface area contributed by atoms with Crippen LogP contribution in [-0.2, 0) is 9.59 Å². The summed E-state index contributed by atoms with van der Waals surface area (Å²) in [6.07, 6.45) is 1.97.